The molecule has 0 aliphatic rings. The van der Waals surface area contributed by atoms with E-state index >= 15 is 0 Å². The van der Waals surface area contributed by atoms with E-state index in [9.17, 15) is 4.79 Å². The molecule has 0 rings (SSSR count). The fourth-order valence-corrected chi connectivity index (χ4v) is 2.26. The number of esters is 1. The molecule has 0 heterocycles. The third-order valence-corrected chi connectivity index (χ3v) is 3.65. The molecule has 1 unspecified atom stereocenters. The first-order valence-electron chi connectivity index (χ1n) is 8.68. The van der Waals surface area contributed by atoms with Gasteiger partial charge in [0.1, 0.15) is 0 Å². The number of rotatable bonds is 12. The number of nitrogens with one attached hydrogen (secondary N) is 2. The molecule has 1 atom stereocenters. The zero-order valence-corrected chi connectivity index (χ0v) is 18.2. The Kier molecular flexibility index (Phi) is 18.5. The Labute approximate surface area is 164 Å². The Morgan fingerprint density at radius 2 is 1.79 bits per heavy atom. The van der Waals surface area contributed by atoms with Gasteiger partial charge in [0.05, 0.1) is 13.2 Å². The summed E-state index contributed by atoms with van der Waals surface area (Å²) in [6, 6.07) is 0. The lowest BCUT2D eigenvalue weighted by Gasteiger charge is -2.21. The lowest BCUT2D eigenvalue weighted by molar-refractivity contribution is -0.140. The molecule has 0 saturated carbocycles. The molecule has 0 spiro atoms. The van der Waals surface area contributed by atoms with Crippen LogP contribution in [-0.2, 0) is 14.3 Å². The number of aliphatic imine (C=N–C) groups is 1. The second-order valence-electron chi connectivity index (χ2n) is 5.84. The van der Waals surface area contributed by atoms with Crippen molar-refractivity contribution in [1.82, 2.24) is 10.6 Å². The highest BCUT2D eigenvalue weighted by molar-refractivity contribution is 14.0. The van der Waals surface area contributed by atoms with Crippen molar-refractivity contribution in [3.8, 4) is 0 Å². The van der Waals surface area contributed by atoms with Crippen LogP contribution in [0.15, 0.2) is 4.99 Å². The zero-order chi connectivity index (χ0) is 17.5. The maximum absolute atomic E-state index is 11.0. The Bertz CT molecular complexity index is 339. The number of carbonyl (C=O) groups is 1. The Balaban J connectivity index is 0. The maximum atomic E-state index is 11.0. The summed E-state index contributed by atoms with van der Waals surface area (Å²) in [7, 11) is 3.20. The van der Waals surface area contributed by atoms with Crippen molar-refractivity contribution in [1.29, 1.82) is 0 Å². The molecule has 0 aromatic rings. The van der Waals surface area contributed by atoms with Gasteiger partial charge < -0.3 is 20.1 Å². The number of unbranched alkanes of at least 4 members (excludes halogenated alkanes) is 2. The minimum Gasteiger partial charge on any atom is -0.469 e. The highest BCUT2D eigenvalue weighted by Crippen LogP contribution is 2.09. The number of hydrogen-bond donors (Lipinski definition) is 2. The standard InChI is InChI=1S/C17H35N3O3.HI/c1-6-23-15(14(2)3)11-13-20-17(18-4)19-12-9-7-8-10-16(21)22-5;/h14-15H,6-13H2,1-5H3,(H2,18,19,20);1H. The van der Waals surface area contributed by atoms with Crippen molar-refractivity contribution in [2.45, 2.75) is 59.0 Å². The van der Waals surface area contributed by atoms with E-state index in [-0.39, 0.29) is 36.0 Å². The number of guanidine groups is 1. The first-order chi connectivity index (χ1) is 11.0. The minimum atomic E-state index is -0.135. The van der Waals surface area contributed by atoms with Crippen molar-refractivity contribution in [3.05, 3.63) is 0 Å². The quantitative estimate of drug-likeness (QED) is 0.155. The summed E-state index contributed by atoms with van der Waals surface area (Å²) in [5.74, 6) is 1.20. The van der Waals surface area contributed by atoms with Gasteiger partial charge in [0, 0.05) is 33.2 Å². The van der Waals surface area contributed by atoms with Crippen LogP contribution in [0.2, 0.25) is 0 Å². The van der Waals surface area contributed by atoms with E-state index in [0.29, 0.717) is 12.3 Å². The fraction of sp³-hybridized carbons (Fsp3) is 0.882. The number of hydrogen-bond acceptors (Lipinski definition) is 4. The summed E-state index contributed by atoms with van der Waals surface area (Å²) in [4.78, 5) is 15.2. The predicted molar refractivity (Wildman–Crippen MR) is 110 cm³/mol. The first kappa shape index (κ1) is 25.7. The van der Waals surface area contributed by atoms with E-state index in [1.54, 1.807) is 7.05 Å². The molecule has 144 valence electrons. The van der Waals surface area contributed by atoms with E-state index in [0.717, 1.165) is 51.3 Å². The van der Waals surface area contributed by atoms with Crippen LogP contribution in [0.25, 0.3) is 0 Å². The first-order valence-corrected chi connectivity index (χ1v) is 8.68. The SMILES string of the molecule is CCOC(CCNC(=NC)NCCCCCC(=O)OC)C(C)C.I. The van der Waals surface area contributed by atoms with Crippen molar-refractivity contribution < 1.29 is 14.3 Å². The van der Waals surface area contributed by atoms with Gasteiger partial charge in [-0.05, 0) is 32.1 Å². The summed E-state index contributed by atoms with van der Waals surface area (Å²) in [5, 5.41) is 6.60. The zero-order valence-electron chi connectivity index (χ0n) is 15.9. The molecule has 0 radical (unpaired) electrons. The molecule has 0 aromatic heterocycles. The topological polar surface area (TPSA) is 72.0 Å². The van der Waals surface area contributed by atoms with Crippen molar-refractivity contribution in [3.63, 3.8) is 0 Å². The Morgan fingerprint density at radius 3 is 2.33 bits per heavy atom. The molecule has 7 heteroatoms. The van der Waals surface area contributed by atoms with Crippen molar-refractivity contribution >= 4 is 35.9 Å². The molecule has 0 aliphatic carbocycles. The lowest BCUT2D eigenvalue weighted by Crippen LogP contribution is -2.39. The largest absolute Gasteiger partial charge is 0.469 e. The molecule has 0 aliphatic heterocycles. The number of halogens is 1. The summed E-state index contributed by atoms with van der Waals surface area (Å²) in [5.41, 5.74) is 0. The van der Waals surface area contributed by atoms with E-state index < -0.39 is 0 Å². The van der Waals surface area contributed by atoms with Gasteiger partial charge in [0.15, 0.2) is 5.96 Å². The molecular weight excluding hydrogens is 421 g/mol. The number of methoxy groups -OCH3 is 1. The van der Waals surface area contributed by atoms with Crippen LogP contribution < -0.4 is 10.6 Å². The molecule has 0 bridgehead atoms. The van der Waals surface area contributed by atoms with Crippen LogP contribution in [0.1, 0.15) is 52.9 Å². The molecule has 0 saturated heterocycles. The van der Waals surface area contributed by atoms with Crippen LogP contribution in [-0.4, -0.2) is 51.9 Å². The Hall–Kier alpha value is -0.570. The van der Waals surface area contributed by atoms with Gasteiger partial charge in [-0.1, -0.05) is 20.3 Å². The van der Waals surface area contributed by atoms with E-state index in [4.69, 9.17) is 4.74 Å². The maximum Gasteiger partial charge on any atom is 0.305 e. The summed E-state index contributed by atoms with van der Waals surface area (Å²) < 4.78 is 10.4. The number of nitrogens with zero attached hydrogens (tertiary/aromatic N) is 1. The monoisotopic (exact) mass is 457 g/mol. The van der Waals surface area contributed by atoms with Crippen LogP contribution >= 0.6 is 24.0 Å². The summed E-state index contributed by atoms with van der Waals surface area (Å²) in [6.45, 7) is 8.83. The van der Waals surface area contributed by atoms with Gasteiger partial charge >= 0.3 is 5.97 Å². The molecule has 2 N–H and O–H groups in total. The highest BCUT2D eigenvalue weighted by Gasteiger charge is 2.12. The summed E-state index contributed by atoms with van der Waals surface area (Å²) in [6.07, 6.45) is 4.61. The molecule has 6 nitrogen and oxygen atoms in total. The smallest absolute Gasteiger partial charge is 0.305 e. The fourth-order valence-electron chi connectivity index (χ4n) is 2.26. The second kappa shape index (κ2) is 17.3. The normalized spacial score (nSPS) is 12.5. The Morgan fingerprint density at radius 1 is 1.12 bits per heavy atom. The third kappa shape index (κ3) is 13.8. The molecule has 24 heavy (non-hydrogen) atoms. The van der Waals surface area contributed by atoms with Crippen molar-refractivity contribution in [2.24, 2.45) is 10.9 Å². The van der Waals surface area contributed by atoms with Crippen molar-refractivity contribution in [2.75, 3.05) is 33.9 Å². The number of ether oxygens (including phenoxy) is 2. The average molecular weight is 457 g/mol. The molecule has 0 amide bonds. The van der Waals surface area contributed by atoms with Gasteiger partial charge in [-0.25, -0.2) is 0 Å². The molecule has 0 aromatic carbocycles. The van der Waals surface area contributed by atoms with Gasteiger partial charge in [-0.15, -0.1) is 24.0 Å². The average Bonchev–Trinajstić information content (AvgIpc) is 2.54. The van der Waals surface area contributed by atoms with Gasteiger partial charge in [-0.2, -0.15) is 0 Å². The highest BCUT2D eigenvalue weighted by atomic mass is 127. The molecular formula is C17H36IN3O3. The van der Waals surface area contributed by atoms with E-state index in [2.05, 4.69) is 34.2 Å². The van der Waals surface area contributed by atoms with Crippen LogP contribution in [0.5, 0.6) is 0 Å². The summed E-state index contributed by atoms with van der Waals surface area (Å²) >= 11 is 0. The lowest BCUT2D eigenvalue weighted by atomic mass is 10.0. The van der Waals surface area contributed by atoms with Crippen LogP contribution in [0.3, 0.4) is 0 Å². The van der Waals surface area contributed by atoms with E-state index in [1.165, 1.54) is 7.11 Å². The van der Waals surface area contributed by atoms with Gasteiger partial charge in [0.25, 0.3) is 0 Å². The van der Waals surface area contributed by atoms with Gasteiger partial charge in [0.2, 0.25) is 0 Å². The minimum absolute atomic E-state index is 0. The molecule has 0 fully saturated rings. The second-order valence-corrected chi connectivity index (χ2v) is 5.84. The number of carbonyl (C=O) groups excluding carboxylic acids is 1. The van der Waals surface area contributed by atoms with Crippen LogP contribution in [0, 0.1) is 5.92 Å². The van der Waals surface area contributed by atoms with Crippen LogP contribution in [0.4, 0.5) is 0 Å². The van der Waals surface area contributed by atoms with E-state index in [1.807, 2.05) is 6.92 Å². The third-order valence-electron chi connectivity index (χ3n) is 3.65. The van der Waals surface area contributed by atoms with Gasteiger partial charge in [-0.3, -0.25) is 9.79 Å². The predicted octanol–water partition coefficient (Wildman–Crippen LogP) is 2.95.